The molecule has 32 heavy (non-hydrogen) atoms. The van der Waals surface area contributed by atoms with Gasteiger partial charge in [0.15, 0.2) is 15.9 Å². The molecule has 2 aromatic heterocycles. The Morgan fingerprint density at radius 3 is 2.03 bits per heavy atom. The van der Waals surface area contributed by atoms with Crippen LogP contribution in [0.25, 0.3) is 22.8 Å². The normalized spacial score (nSPS) is 12.6. The highest BCUT2D eigenvalue weighted by atomic mass is 32.2. The summed E-state index contributed by atoms with van der Waals surface area (Å²) in [5, 5.41) is 7.98. The molecule has 0 saturated heterocycles. The van der Waals surface area contributed by atoms with E-state index in [-0.39, 0.29) is 4.90 Å². The van der Waals surface area contributed by atoms with Gasteiger partial charge in [-0.05, 0) is 55.0 Å². The number of aryl methyl sites for hydroxylation is 1. The van der Waals surface area contributed by atoms with Crippen molar-refractivity contribution in [3.8, 4) is 28.5 Å². The molecule has 2 aromatic carbocycles. The number of sulfone groups is 1. The number of rotatable bonds is 8. The van der Waals surface area contributed by atoms with Crippen molar-refractivity contribution in [2.24, 2.45) is 0 Å². The van der Waals surface area contributed by atoms with Crippen LogP contribution in [0.1, 0.15) is 38.2 Å². The molecule has 0 bridgehead atoms. The van der Waals surface area contributed by atoms with Crippen LogP contribution >= 0.6 is 0 Å². The zero-order chi connectivity index (χ0) is 22.7. The highest BCUT2D eigenvalue weighted by molar-refractivity contribution is 7.90. The fourth-order valence-electron chi connectivity index (χ4n) is 3.01. The molecule has 0 aliphatic heterocycles. The van der Waals surface area contributed by atoms with Crippen LogP contribution in [0.5, 0.6) is 5.75 Å². The quantitative estimate of drug-likeness (QED) is 0.384. The smallest absolute Gasteiger partial charge is 0.268 e. The molecule has 0 radical (unpaired) electrons. The summed E-state index contributed by atoms with van der Waals surface area (Å²) < 4.78 is 39.9. The van der Waals surface area contributed by atoms with Crippen molar-refractivity contribution in [3.05, 3.63) is 60.3 Å². The minimum Gasteiger partial charge on any atom is -0.481 e. The molecule has 166 valence electrons. The van der Waals surface area contributed by atoms with Crippen LogP contribution in [-0.2, 0) is 16.3 Å². The summed E-state index contributed by atoms with van der Waals surface area (Å²) in [5.74, 6) is 2.45. The maximum Gasteiger partial charge on any atom is 0.268 e. The SMILES string of the molecule is CCc1nc(-c2ccc(OC(CC)c3nc(-c4ccc(S(C)(=O)=O)cc4)no3)cc2)no1. The van der Waals surface area contributed by atoms with Crippen LogP contribution in [0.3, 0.4) is 0 Å². The number of aromatic nitrogens is 4. The van der Waals surface area contributed by atoms with Crippen LogP contribution < -0.4 is 4.74 Å². The van der Waals surface area contributed by atoms with E-state index in [2.05, 4.69) is 20.3 Å². The standard InChI is InChI=1S/C22H22N4O5S/c1-4-18(29-16-10-6-14(7-11-16)20-23-19(5-2)30-25-20)22-24-21(26-31-22)15-8-12-17(13-9-15)32(3,27)28/h6-13,18H,4-5H2,1-3H3. The Balaban J connectivity index is 1.48. The minimum atomic E-state index is -3.27. The zero-order valence-electron chi connectivity index (χ0n) is 17.8. The molecule has 2 heterocycles. The first-order valence-corrected chi connectivity index (χ1v) is 12.0. The molecule has 1 atom stereocenters. The van der Waals surface area contributed by atoms with Gasteiger partial charge in [0.05, 0.1) is 4.90 Å². The second-order valence-corrected chi connectivity index (χ2v) is 9.17. The first-order valence-electron chi connectivity index (χ1n) is 10.1. The summed E-state index contributed by atoms with van der Waals surface area (Å²) in [4.78, 5) is 8.98. The molecular formula is C22H22N4O5S. The minimum absolute atomic E-state index is 0.231. The van der Waals surface area contributed by atoms with Gasteiger partial charge in [0, 0.05) is 23.8 Å². The van der Waals surface area contributed by atoms with Crippen molar-refractivity contribution in [2.75, 3.05) is 6.26 Å². The van der Waals surface area contributed by atoms with Crippen molar-refractivity contribution >= 4 is 9.84 Å². The molecule has 9 nitrogen and oxygen atoms in total. The van der Waals surface area contributed by atoms with Gasteiger partial charge in [0.25, 0.3) is 5.89 Å². The van der Waals surface area contributed by atoms with E-state index in [1.165, 1.54) is 12.1 Å². The van der Waals surface area contributed by atoms with Crippen LogP contribution in [0.2, 0.25) is 0 Å². The Kier molecular flexibility index (Phi) is 6.04. The lowest BCUT2D eigenvalue weighted by atomic mass is 10.2. The van der Waals surface area contributed by atoms with Crippen LogP contribution in [0, 0.1) is 0 Å². The predicted molar refractivity (Wildman–Crippen MR) is 116 cm³/mol. The summed E-state index contributed by atoms with van der Waals surface area (Å²) in [6.07, 6.45) is 2.02. The summed E-state index contributed by atoms with van der Waals surface area (Å²) in [7, 11) is -3.27. The van der Waals surface area contributed by atoms with E-state index in [1.807, 2.05) is 38.1 Å². The fourth-order valence-corrected chi connectivity index (χ4v) is 3.64. The molecule has 4 aromatic rings. The predicted octanol–water partition coefficient (Wildman–Crippen LogP) is 4.28. The van der Waals surface area contributed by atoms with Crippen LogP contribution in [0.4, 0.5) is 0 Å². The van der Waals surface area contributed by atoms with Crippen molar-refractivity contribution < 1.29 is 22.2 Å². The van der Waals surface area contributed by atoms with Gasteiger partial charge in [-0.15, -0.1) is 0 Å². The van der Waals surface area contributed by atoms with Gasteiger partial charge >= 0.3 is 0 Å². The molecule has 0 N–H and O–H groups in total. The Labute approximate surface area is 185 Å². The largest absolute Gasteiger partial charge is 0.481 e. The van der Waals surface area contributed by atoms with Crippen molar-refractivity contribution in [3.63, 3.8) is 0 Å². The topological polar surface area (TPSA) is 121 Å². The van der Waals surface area contributed by atoms with E-state index in [0.29, 0.717) is 47.6 Å². The maximum atomic E-state index is 11.6. The summed E-state index contributed by atoms with van der Waals surface area (Å²) in [6.45, 7) is 3.90. The third-order valence-electron chi connectivity index (χ3n) is 4.79. The Morgan fingerprint density at radius 2 is 1.47 bits per heavy atom. The number of hydrogen-bond donors (Lipinski definition) is 0. The molecule has 0 amide bonds. The van der Waals surface area contributed by atoms with Gasteiger partial charge in [-0.3, -0.25) is 0 Å². The third-order valence-corrected chi connectivity index (χ3v) is 5.92. The fraction of sp³-hybridized carbons (Fsp3) is 0.273. The second-order valence-electron chi connectivity index (χ2n) is 7.16. The Hall–Kier alpha value is -3.53. The molecule has 4 rings (SSSR count). The third kappa shape index (κ3) is 4.70. The van der Waals surface area contributed by atoms with Crippen LogP contribution in [0.15, 0.2) is 62.5 Å². The zero-order valence-corrected chi connectivity index (χ0v) is 18.7. The number of nitrogens with zero attached hydrogens (tertiary/aromatic N) is 4. The molecule has 0 aliphatic carbocycles. The van der Waals surface area contributed by atoms with Gasteiger partial charge in [0.1, 0.15) is 5.75 Å². The van der Waals surface area contributed by atoms with Crippen molar-refractivity contribution in [2.45, 2.75) is 37.7 Å². The summed E-state index contributed by atoms with van der Waals surface area (Å²) in [6, 6.07) is 13.7. The lowest BCUT2D eigenvalue weighted by Crippen LogP contribution is -2.07. The highest BCUT2D eigenvalue weighted by Gasteiger charge is 2.20. The highest BCUT2D eigenvalue weighted by Crippen LogP contribution is 2.28. The molecular weight excluding hydrogens is 432 g/mol. The van der Waals surface area contributed by atoms with Gasteiger partial charge in [-0.2, -0.15) is 9.97 Å². The van der Waals surface area contributed by atoms with Gasteiger partial charge in [-0.1, -0.05) is 24.2 Å². The first-order chi connectivity index (χ1) is 15.4. The molecule has 0 aliphatic rings. The van der Waals surface area contributed by atoms with Gasteiger partial charge in [-0.25, -0.2) is 8.42 Å². The van der Waals surface area contributed by atoms with E-state index < -0.39 is 15.9 Å². The molecule has 0 saturated carbocycles. The second kappa shape index (κ2) is 8.91. The first kappa shape index (κ1) is 21.7. The van der Waals surface area contributed by atoms with Gasteiger partial charge < -0.3 is 13.8 Å². The molecule has 0 fully saturated rings. The van der Waals surface area contributed by atoms with E-state index in [4.69, 9.17) is 13.8 Å². The Bertz CT molecular complexity index is 1290. The van der Waals surface area contributed by atoms with Crippen molar-refractivity contribution in [1.29, 1.82) is 0 Å². The van der Waals surface area contributed by atoms with Gasteiger partial charge in [0.2, 0.25) is 17.5 Å². The van der Waals surface area contributed by atoms with E-state index in [9.17, 15) is 8.42 Å². The lowest BCUT2D eigenvalue weighted by Gasteiger charge is -2.13. The number of benzene rings is 2. The van der Waals surface area contributed by atoms with E-state index in [0.717, 1.165) is 11.8 Å². The summed E-state index contributed by atoms with van der Waals surface area (Å²) >= 11 is 0. The summed E-state index contributed by atoms with van der Waals surface area (Å²) in [5.41, 5.74) is 1.48. The molecule has 1 unspecified atom stereocenters. The average molecular weight is 455 g/mol. The number of hydrogen-bond acceptors (Lipinski definition) is 9. The van der Waals surface area contributed by atoms with Crippen molar-refractivity contribution in [1.82, 2.24) is 20.3 Å². The van der Waals surface area contributed by atoms with Crippen LogP contribution in [-0.4, -0.2) is 35.0 Å². The Morgan fingerprint density at radius 1 is 0.875 bits per heavy atom. The van der Waals surface area contributed by atoms with E-state index in [1.54, 1.807) is 12.1 Å². The molecule has 10 heteroatoms. The number of ether oxygens (including phenoxy) is 1. The maximum absolute atomic E-state index is 11.6. The monoisotopic (exact) mass is 454 g/mol. The lowest BCUT2D eigenvalue weighted by molar-refractivity contribution is 0.154. The molecule has 0 spiro atoms. The average Bonchev–Trinajstić information content (AvgIpc) is 3.47. The van der Waals surface area contributed by atoms with E-state index >= 15 is 0 Å².